The van der Waals surface area contributed by atoms with E-state index in [4.69, 9.17) is 5.26 Å². The summed E-state index contributed by atoms with van der Waals surface area (Å²) in [7, 11) is 0. The van der Waals surface area contributed by atoms with Gasteiger partial charge >= 0.3 is 0 Å². The Labute approximate surface area is 86.0 Å². The van der Waals surface area contributed by atoms with Gasteiger partial charge in [-0.2, -0.15) is 5.26 Å². The van der Waals surface area contributed by atoms with Gasteiger partial charge in [-0.05, 0) is 6.07 Å². The Bertz CT molecular complexity index is 470. The van der Waals surface area contributed by atoms with Crippen LogP contribution < -0.4 is 10.6 Å². The molecule has 0 bridgehead atoms. The number of hydrogen-bond acceptors (Lipinski definition) is 5. The molecule has 0 radical (unpaired) electrons. The Balaban J connectivity index is 2.15. The van der Waals surface area contributed by atoms with Crippen LogP contribution in [0.15, 0.2) is 30.9 Å². The zero-order chi connectivity index (χ0) is 10.5. The highest BCUT2D eigenvalue weighted by molar-refractivity contribution is 5.58. The van der Waals surface area contributed by atoms with E-state index in [9.17, 15) is 0 Å². The Morgan fingerprint density at radius 1 is 1.33 bits per heavy atom. The van der Waals surface area contributed by atoms with E-state index in [1.807, 2.05) is 6.07 Å². The summed E-state index contributed by atoms with van der Waals surface area (Å²) in [5.41, 5.74) is 0.900. The van der Waals surface area contributed by atoms with Gasteiger partial charge in [0.15, 0.2) is 6.19 Å². The predicted molar refractivity (Wildman–Crippen MR) is 55.3 cm³/mol. The van der Waals surface area contributed by atoms with Crippen molar-refractivity contribution in [3.8, 4) is 6.19 Å². The standard InChI is InChI=1S/C9H8N6/c10-5-12-8-3-9(14-6-13-8)15-7-1-2-11-4-7/h1-4,6,11H,(H2,12,13,14,15). The fourth-order valence-electron chi connectivity index (χ4n) is 1.10. The van der Waals surface area contributed by atoms with Gasteiger partial charge < -0.3 is 10.3 Å². The average molecular weight is 200 g/mol. The van der Waals surface area contributed by atoms with Crippen LogP contribution in [0, 0.1) is 11.5 Å². The maximum Gasteiger partial charge on any atom is 0.182 e. The van der Waals surface area contributed by atoms with Crippen molar-refractivity contribution in [3.63, 3.8) is 0 Å². The molecule has 0 unspecified atom stereocenters. The molecule has 0 spiro atoms. The first-order valence-electron chi connectivity index (χ1n) is 4.25. The molecule has 0 aliphatic rings. The Morgan fingerprint density at radius 2 is 2.20 bits per heavy atom. The smallest absolute Gasteiger partial charge is 0.182 e. The van der Waals surface area contributed by atoms with E-state index in [0.717, 1.165) is 5.69 Å². The van der Waals surface area contributed by atoms with Crippen LogP contribution in [0.25, 0.3) is 0 Å². The number of anilines is 3. The van der Waals surface area contributed by atoms with Gasteiger partial charge in [-0.15, -0.1) is 0 Å². The number of H-pyrrole nitrogens is 1. The molecule has 0 saturated heterocycles. The first-order chi connectivity index (χ1) is 7.38. The summed E-state index contributed by atoms with van der Waals surface area (Å²) >= 11 is 0. The molecule has 0 atom stereocenters. The molecule has 3 N–H and O–H groups in total. The summed E-state index contributed by atoms with van der Waals surface area (Å²) in [6.45, 7) is 0. The second-order valence-electron chi connectivity index (χ2n) is 2.75. The number of aromatic nitrogens is 3. The number of nitrogens with one attached hydrogen (secondary N) is 3. The van der Waals surface area contributed by atoms with Crippen molar-refractivity contribution in [3.05, 3.63) is 30.9 Å². The number of nitrogens with zero attached hydrogens (tertiary/aromatic N) is 3. The lowest BCUT2D eigenvalue weighted by atomic mass is 10.4. The van der Waals surface area contributed by atoms with Crippen molar-refractivity contribution in [1.29, 1.82) is 5.26 Å². The summed E-state index contributed by atoms with van der Waals surface area (Å²) in [5.74, 6) is 1.09. The van der Waals surface area contributed by atoms with Crippen molar-refractivity contribution in [1.82, 2.24) is 15.0 Å². The highest BCUT2D eigenvalue weighted by atomic mass is 15.1. The Hall–Kier alpha value is -2.55. The molecular formula is C9H8N6. The summed E-state index contributed by atoms with van der Waals surface area (Å²) < 4.78 is 0. The molecule has 0 amide bonds. The van der Waals surface area contributed by atoms with Crippen LogP contribution in [-0.4, -0.2) is 15.0 Å². The van der Waals surface area contributed by atoms with Crippen molar-refractivity contribution >= 4 is 17.3 Å². The lowest BCUT2D eigenvalue weighted by molar-refractivity contribution is 1.17. The van der Waals surface area contributed by atoms with Crippen molar-refractivity contribution in [2.24, 2.45) is 0 Å². The van der Waals surface area contributed by atoms with Gasteiger partial charge in [-0.1, -0.05) is 0 Å². The summed E-state index contributed by atoms with van der Waals surface area (Å²) in [6.07, 6.45) is 6.79. The molecule has 2 aromatic heterocycles. The molecule has 6 nitrogen and oxygen atoms in total. The minimum absolute atomic E-state index is 0.463. The molecule has 74 valence electrons. The van der Waals surface area contributed by atoms with Crippen LogP contribution in [-0.2, 0) is 0 Å². The van der Waals surface area contributed by atoms with E-state index in [1.54, 1.807) is 24.7 Å². The summed E-state index contributed by atoms with van der Waals surface area (Å²) in [4.78, 5) is 10.8. The first-order valence-corrected chi connectivity index (χ1v) is 4.25. The second-order valence-corrected chi connectivity index (χ2v) is 2.75. The third kappa shape index (κ3) is 2.22. The van der Waals surface area contributed by atoms with Crippen molar-refractivity contribution < 1.29 is 0 Å². The monoisotopic (exact) mass is 200 g/mol. The van der Waals surface area contributed by atoms with Crippen LogP contribution in [0.3, 0.4) is 0 Å². The average Bonchev–Trinajstić information content (AvgIpc) is 2.71. The molecule has 0 saturated carbocycles. The van der Waals surface area contributed by atoms with Gasteiger partial charge in [-0.3, -0.25) is 5.32 Å². The zero-order valence-electron chi connectivity index (χ0n) is 7.73. The van der Waals surface area contributed by atoms with E-state index in [1.165, 1.54) is 6.33 Å². The minimum Gasteiger partial charge on any atom is -0.366 e. The zero-order valence-corrected chi connectivity index (χ0v) is 7.73. The number of nitriles is 1. The Morgan fingerprint density at radius 3 is 2.93 bits per heavy atom. The third-order valence-electron chi connectivity index (χ3n) is 1.72. The second kappa shape index (κ2) is 4.11. The third-order valence-corrected chi connectivity index (χ3v) is 1.72. The maximum atomic E-state index is 8.42. The fourth-order valence-corrected chi connectivity index (χ4v) is 1.10. The normalized spacial score (nSPS) is 9.27. The number of aromatic amines is 1. The van der Waals surface area contributed by atoms with E-state index in [-0.39, 0.29) is 0 Å². The summed E-state index contributed by atoms with van der Waals surface area (Å²) in [5, 5.41) is 13.9. The van der Waals surface area contributed by atoms with Gasteiger partial charge in [-0.25, -0.2) is 9.97 Å². The highest BCUT2D eigenvalue weighted by Gasteiger charge is 1.98. The minimum atomic E-state index is 0.463. The van der Waals surface area contributed by atoms with Crippen molar-refractivity contribution in [2.45, 2.75) is 0 Å². The molecular weight excluding hydrogens is 192 g/mol. The van der Waals surface area contributed by atoms with Crippen LogP contribution in [0.1, 0.15) is 0 Å². The quantitative estimate of drug-likeness (QED) is 0.515. The Kier molecular flexibility index (Phi) is 2.47. The largest absolute Gasteiger partial charge is 0.366 e. The summed E-state index contributed by atoms with van der Waals surface area (Å²) in [6, 6.07) is 3.52. The van der Waals surface area contributed by atoms with Gasteiger partial charge in [0, 0.05) is 18.5 Å². The molecule has 0 aliphatic heterocycles. The first kappa shape index (κ1) is 9.02. The topological polar surface area (TPSA) is 89.4 Å². The molecule has 15 heavy (non-hydrogen) atoms. The molecule has 0 aromatic carbocycles. The molecule has 6 heteroatoms. The molecule has 0 aliphatic carbocycles. The van der Waals surface area contributed by atoms with Crippen LogP contribution >= 0.6 is 0 Å². The number of rotatable bonds is 3. The van der Waals surface area contributed by atoms with Crippen molar-refractivity contribution in [2.75, 3.05) is 10.6 Å². The maximum absolute atomic E-state index is 8.42. The number of hydrogen-bond donors (Lipinski definition) is 3. The lowest BCUT2D eigenvalue weighted by Gasteiger charge is -2.03. The van der Waals surface area contributed by atoms with Crippen LogP contribution in [0.5, 0.6) is 0 Å². The fraction of sp³-hybridized carbons (Fsp3) is 0. The molecule has 2 rings (SSSR count). The van der Waals surface area contributed by atoms with E-state index >= 15 is 0 Å². The SMILES string of the molecule is N#CNc1cc(Nc2cc[nH]c2)ncn1. The van der Waals surface area contributed by atoms with Gasteiger partial charge in [0.1, 0.15) is 18.0 Å². The van der Waals surface area contributed by atoms with Crippen LogP contribution in [0.2, 0.25) is 0 Å². The highest BCUT2D eigenvalue weighted by Crippen LogP contribution is 2.14. The van der Waals surface area contributed by atoms with Gasteiger partial charge in [0.25, 0.3) is 0 Å². The van der Waals surface area contributed by atoms with Crippen LogP contribution in [0.4, 0.5) is 17.3 Å². The van der Waals surface area contributed by atoms with E-state index in [2.05, 4.69) is 25.6 Å². The predicted octanol–water partition coefficient (Wildman–Crippen LogP) is 1.44. The lowest BCUT2D eigenvalue weighted by Crippen LogP contribution is -1.96. The molecule has 0 fully saturated rings. The van der Waals surface area contributed by atoms with E-state index in [0.29, 0.717) is 11.6 Å². The molecule has 2 aromatic rings. The van der Waals surface area contributed by atoms with Gasteiger partial charge in [0.2, 0.25) is 0 Å². The molecule has 2 heterocycles. The van der Waals surface area contributed by atoms with Gasteiger partial charge in [0.05, 0.1) is 5.69 Å². The van der Waals surface area contributed by atoms with E-state index < -0.39 is 0 Å².